The van der Waals surface area contributed by atoms with E-state index in [1.165, 1.54) is 12.8 Å². The lowest BCUT2D eigenvalue weighted by molar-refractivity contribution is 0.0952. The molecule has 5 nitrogen and oxygen atoms in total. The minimum Gasteiger partial charge on any atom is -0.497 e. The van der Waals surface area contributed by atoms with Crippen molar-refractivity contribution in [1.82, 2.24) is 9.88 Å². The third-order valence-corrected chi connectivity index (χ3v) is 5.50. The van der Waals surface area contributed by atoms with Crippen molar-refractivity contribution in [3.05, 3.63) is 65.9 Å². The highest BCUT2D eigenvalue weighted by Gasteiger charge is 2.20. The fourth-order valence-corrected chi connectivity index (χ4v) is 3.74. The van der Waals surface area contributed by atoms with E-state index >= 15 is 0 Å². The molecule has 1 aromatic heterocycles. The first-order chi connectivity index (χ1) is 15.1. The fraction of sp³-hybridized carbons (Fsp3) is 0.346. The van der Waals surface area contributed by atoms with E-state index in [0.29, 0.717) is 12.1 Å². The van der Waals surface area contributed by atoms with Crippen LogP contribution in [-0.2, 0) is 0 Å². The molecule has 1 heterocycles. The van der Waals surface area contributed by atoms with E-state index in [0.717, 1.165) is 47.0 Å². The summed E-state index contributed by atoms with van der Waals surface area (Å²) in [6, 6.07) is 17.7. The molecule has 0 aliphatic heterocycles. The van der Waals surface area contributed by atoms with Crippen molar-refractivity contribution >= 4 is 5.91 Å². The molecule has 0 saturated heterocycles. The van der Waals surface area contributed by atoms with Crippen LogP contribution in [0.25, 0.3) is 16.9 Å². The molecule has 1 amide bonds. The van der Waals surface area contributed by atoms with Gasteiger partial charge in [-0.15, -0.1) is 0 Å². The Hall–Kier alpha value is -3.21. The molecule has 5 heteroatoms. The number of hydrogen-bond donors (Lipinski definition) is 1. The molecule has 0 radical (unpaired) electrons. The molecule has 164 valence electrons. The Balaban J connectivity index is 1.99. The second-order valence-corrected chi connectivity index (χ2v) is 7.61. The van der Waals surface area contributed by atoms with Crippen molar-refractivity contribution in [1.29, 1.82) is 0 Å². The number of unbranched alkanes of at least 4 members (excludes halogenated alkanes) is 3. The minimum atomic E-state index is -0.0367. The van der Waals surface area contributed by atoms with Gasteiger partial charge < -0.3 is 19.4 Å². The lowest BCUT2D eigenvalue weighted by Gasteiger charge is -2.14. The van der Waals surface area contributed by atoms with Crippen molar-refractivity contribution in [3.63, 3.8) is 0 Å². The van der Waals surface area contributed by atoms with Gasteiger partial charge in [-0.1, -0.05) is 32.3 Å². The highest BCUT2D eigenvalue weighted by Crippen LogP contribution is 2.31. The number of hydrogen-bond acceptors (Lipinski definition) is 3. The van der Waals surface area contributed by atoms with Gasteiger partial charge >= 0.3 is 0 Å². The van der Waals surface area contributed by atoms with Gasteiger partial charge in [0.05, 0.1) is 25.5 Å². The Morgan fingerprint density at radius 3 is 2.35 bits per heavy atom. The predicted octanol–water partition coefficient (Wildman–Crippen LogP) is 5.78. The van der Waals surface area contributed by atoms with E-state index in [1.807, 2.05) is 61.5 Å². The second kappa shape index (κ2) is 10.7. The van der Waals surface area contributed by atoms with E-state index in [2.05, 4.69) is 16.8 Å². The number of nitrogens with zero attached hydrogens (tertiary/aromatic N) is 1. The molecule has 1 N–H and O–H groups in total. The number of carbonyl (C=O) groups is 1. The number of benzene rings is 2. The number of rotatable bonds is 10. The average molecular weight is 421 g/mol. The Morgan fingerprint density at radius 2 is 1.68 bits per heavy atom. The summed E-state index contributed by atoms with van der Waals surface area (Å²) < 4.78 is 12.8. The molecule has 0 unspecified atom stereocenters. The standard InChI is InChI=1S/C26H32N2O3/c1-5-6-7-8-16-27-26(29)24-18-25(20-12-14-22(30-3)15-13-20)28(19(24)2)21-10-9-11-23(17-21)31-4/h9-15,17-18H,5-8,16H2,1-4H3,(H,27,29). The molecule has 31 heavy (non-hydrogen) atoms. The van der Waals surface area contributed by atoms with Crippen molar-refractivity contribution in [3.8, 4) is 28.4 Å². The highest BCUT2D eigenvalue weighted by molar-refractivity contribution is 5.97. The number of amides is 1. The van der Waals surface area contributed by atoms with Gasteiger partial charge in [-0.2, -0.15) is 0 Å². The SMILES string of the molecule is CCCCCCNC(=O)c1cc(-c2ccc(OC)cc2)n(-c2cccc(OC)c2)c1C. The summed E-state index contributed by atoms with van der Waals surface area (Å²) in [5.74, 6) is 1.53. The van der Waals surface area contributed by atoms with Crippen molar-refractivity contribution in [2.24, 2.45) is 0 Å². The molecule has 0 spiro atoms. The smallest absolute Gasteiger partial charge is 0.253 e. The minimum absolute atomic E-state index is 0.0367. The van der Waals surface area contributed by atoms with E-state index in [4.69, 9.17) is 9.47 Å². The number of methoxy groups -OCH3 is 2. The zero-order valence-electron chi connectivity index (χ0n) is 18.9. The summed E-state index contributed by atoms with van der Waals surface area (Å²) in [5.41, 5.74) is 4.48. The van der Waals surface area contributed by atoms with Crippen LogP contribution in [0.2, 0.25) is 0 Å². The molecule has 3 rings (SSSR count). The third-order valence-electron chi connectivity index (χ3n) is 5.50. The number of ether oxygens (including phenoxy) is 2. The van der Waals surface area contributed by atoms with Crippen LogP contribution in [0.4, 0.5) is 0 Å². The fourth-order valence-electron chi connectivity index (χ4n) is 3.74. The van der Waals surface area contributed by atoms with Gasteiger partial charge in [0.15, 0.2) is 0 Å². The number of nitrogens with one attached hydrogen (secondary N) is 1. The van der Waals surface area contributed by atoms with Gasteiger partial charge in [-0.25, -0.2) is 0 Å². The maximum Gasteiger partial charge on any atom is 0.253 e. The van der Waals surface area contributed by atoms with E-state index in [1.54, 1.807) is 14.2 Å². The lowest BCUT2D eigenvalue weighted by atomic mass is 10.1. The van der Waals surface area contributed by atoms with Gasteiger partial charge in [0.25, 0.3) is 5.91 Å². The Labute approximate surface area is 185 Å². The van der Waals surface area contributed by atoms with Crippen LogP contribution < -0.4 is 14.8 Å². The van der Waals surface area contributed by atoms with E-state index in [9.17, 15) is 4.79 Å². The first-order valence-electron chi connectivity index (χ1n) is 10.9. The zero-order chi connectivity index (χ0) is 22.2. The molecule has 2 aromatic carbocycles. The van der Waals surface area contributed by atoms with Crippen LogP contribution >= 0.6 is 0 Å². The Bertz CT molecular complexity index is 1010. The quantitative estimate of drug-likeness (QED) is 0.423. The number of carbonyl (C=O) groups excluding carboxylic acids is 1. The molecule has 0 saturated carbocycles. The van der Waals surface area contributed by atoms with E-state index < -0.39 is 0 Å². The van der Waals surface area contributed by atoms with Crippen molar-refractivity contribution in [2.75, 3.05) is 20.8 Å². The molecule has 0 bridgehead atoms. The summed E-state index contributed by atoms with van der Waals surface area (Å²) in [7, 11) is 3.31. The van der Waals surface area contributed by atoms with Crippen LogP contribution in [-0.4, -0.2) is 31.2 Å². The lowest BCUT2D eigenvalue weighted by Crippen LogP contribution is -2.24. The van der Waals surface area contributed by atoms with E-state index in [-0.39, 0.29) is 5.91 Å². The number of aromatic nitrogens is 1. The van der Waals surface area contributed by atoms with Crippen LogP contribution in [0.3, 0.4) is 0 Å². The van der Waals surface area contributed by atoms with Gasteiger partial charge in [0, 0.05) is 24.0 Å². The molecule has 3 aromatic rings. The summed E-state index contributed by atoms with van der Waals surface area (Å²) in [5, 5.41) is 3.09. The molecule has 0 aliphatic rings. The van der Waals surface area contributed by atoms with Crippen LogP contribution in [0.15, 0.2) is 54.6 Å². The summed E-state index contributed by atoms with van der Waals surface area (Å²) in [6.45, 7) is 4.86. The van der Waals surface area contributed by atoms with Crippen molar-refractivity contribution < 1.29 is 14.3 Å². The Kier molecular flexibility index (Phi) is 7.76. The van der Waals surface area contributed by atoms with Crippen molar-refractivity contribution in [2.45, 2.75) is 39.5 Å². The van der Waals surface area contributed by atoms with Crippen LogP contribution in [0.1, 0.15) is 48.7 Å². The largest absolute Gasteiger partial charge is 0.497 e. The molecule has 0 atom stereocenters. The topological polar surface area (TPSA) is 52.5 Å². The molecular formula is C26H32N2O3. The average Bonchev–Trinajstić information content (AvgIpc) is 3.16. The molecule has 0 fully saturated rings. The third kappa shape index (κ3) is 5.29. The van der Waals surface area contributed by atoms with Crippen LogP contribution in [0, 0.1) is 6.92 Å². The van der Waals surface area contributed by atoms with Gasteiger partial charge in [-0.05, 0) is 61.4 Å². The zero-order valence-corrected chi connectivity index (χ0v) is 18.9. The summed E-state index contributed by atoms with van der Waals surface area (Å²) in [4.78, 5) is 13.0. The van der Waals surface area contributed by atoms with Gasteiger partial charge in [-0.3, -0.25) is 4.79 Å². The summed E-state index contributed by atoms with van der Waals surface area (Å²) in [6.07, 6.45) is 4.52. The molecular weight excluding hydrogens is 388 g/mol. The molecule has 0 aliphatic carbocycles. The van der Waals surface area contributed by atoms with Gasteiger partial charge in [0.2, 0.25) is 0 Å². The Morgan fingerprint density at radius 1 is 0.935 bits per heavy atom. The first kappa shape index (κ1) is 22.5. The maximum absolute atomic E-state index is 13.0. The highest BCUT2D eigenvalue weighted by atomic mass is 16.5. The summed E-state index contributed by atoms with van der Waals surface area (Å²) >= 11 is 0. The monoisotopic (exact) mass is 420 g/mol. The van der Waals surface area contributed by atoms with Crippen LogP contribution in [0.5, 0.6) is 11.5 Å². The second-order valence-electron chi connectivity index (χ2n) is 7.61. The first-order valence-corrected chi connectivity index (χ1v) is 10.9. The predicted molar refractivity (Wildman–Crippen MR) is 126 cm³/mol. The maximum atomic E-state index is 13.0. The normalized spacial score (nSPS) is 10.7. The van der Waals surface area contributed by atoms with Gasteiger partial charge in [0.1, 0.15) is 11.5 Å².